The molecule has 0 unspecified atom stereocenters. The van der Waals surface area contributed by atoms with E-state index in [1.165, 1.54) is 4.90 Å². The Morgan fingerprint density at radius 3 is 3.06 bits per heavy atom. The van der Waals surface area contributed by atoms with Gasteiger partial charge in [0, 0.05) is 6.54 Å². The topological polar surface area (TPSA) is 92.6 Å². The van der Waals surface area contributed by atoms with Gasteiger partial charge in [-0.3, -0.25) is 4.79 Å². The van der Waals surface area contributed by atoms with Crippen LogP contribution in [0.5, 0.6) is 0 Å². The maximum Gasteiger partial charge on any atom is 0.328 e. The Bertz CT molecular complexity index is 462. The van der Waals surface area contributed by atoms with E-state index < -0.39 is 12.0 Å². The van der Waals surface area contributed by atoms with E-state index in [4.69, 9.17) is 9.84 Å². The van der Waals surface area contributed by atoms with Gasteiger partial charge in [-0.05, 0) is 18.0 Å². The fourth-order valence-electron chi connectivity index (χ4n) is 1.78. The Balaban J connectivity index is 2.23. The Morgan fingerprint density at radius 1 is 1.61 bits per heavy atom. The summed E-state index contributed by atoms with van der Waals surface area (Å²) in [4.78, 5) is 25.1. The molecule has 1 atom stereocenters. The lowest BCUT2D eigenvalue weighted by molar-refractivity contribution is -0.147. The van der Waals surface area contributed by atoms with Crippen LogP contribution < -0.4 is 0 Å². The molecule has 1 aliphatic heterocycles. The van der Waals surface area contributed by atoms with E-state index in [2.05, 4.69) is 9.59 Å². The van der Waals surface area contributed by atoms with Crippen LogP contribution in [0.1, 0.15) is 22.3 Å². The lowest BCUT2D eigenvalue weighted by Crippen LogP contribution is -2.52. The highest BCUT2D eigenvalue weighted by molar-refractivity contribution is 7.08. The second kappa shape index (κ2) is 5.40. The molecule has 18 heavy (non-hydrogen) atoms. The Kier molecular flexibility index (Phi) is 3.87. The van der Waals surface area contributed by atoms with Crippen LogP contribution in [0.25, 0.3) is 0 Å². The molecule has 1 aromatic heterocycles. The molecule has 0 spiro atoms. The Labute approximate surface area is 108 Å². The first-order valence-electron chi connectivity index (χ1n) is 5.58. The van der Waals surface area contributed by atoms with Gasteiger partial charge in [0.1, 0.15) is 4.88 Å². The van der Waals surface area contributed by atoms with Crippen LogP contribution in [0.15, 0.2) is 0 Å². The minimum absolute atomic E-state index is 0.0226. The van der Waals surface area contributed by atoms with Crippen molar-refractivity contribution in [1.82, 2.24) is 14.5 Å². The van der Waals surface area contributed by atoms with Gasteiger partial charge in [0.15, 0.2) is 6.04 Å². The first-order chi connectivity index (χ1) is 8.65. The molecule has 0 bridgehead atoms. The summed E-state index contributed by atoms with van der Waals surface area (Å²) in [7, 11) is 0. The number of ether oxygens (including phenoxy) is 1. The average molecular weight is 271 g/mol. The molecule has 1 N–H and O–H groups in total. The third-order valence-corrected chi connectivity index (χ3v) is 3.52. The number of morpholine rings is 1. The van der Waals surface area contributed by atoms with E-state index in [-0.39, 0.29) is 19.1 Å². The number of carboxylic acid groups (broad SMARTS) is 1. The number of aryl methyl sites for hydroxylation is 1. The van der Waals surface area contributed by atoms with E-state index in [1.807, 2.05) is 6.92 Å². The minimum Gasteiger partial charge on any atom is -0.480 e. The van der Waals surface area contributed by atoms with E-state index >= 15 is 0 Å². The molecule has 1 saturated heterocycles. The normalized spacial score (nSPS) is 19.8. The van der Waals surface area contributed by atoms with E-state index in [0.717, 1.165) is 11.5 Å². The number of nitrogens with zero attached hydrogens (tertiary/aromatic N) is 3. The zero-order valence-electron chi connectivity index (χ0n) is 9.83. The zero-order valence-corrected chi connectivity index (χ0v) is 10.6. The van der Waals surface area contributed by atoms with Gasteiger partial charge in [-0.25, -0.2) is 4.79 Å². The third-order valence-electron chi connectivity index (χ3n) is 2.76. The van der Waals surface area contributed by atoms with Crippen molar-refractivity contribution in [3.8, 4) is 0 Å². The van der Waals surface area contributed by atoms with Gasteiger partial charge >= 0.3 is 5.97 Å². The Morgan fingerprint density at radius 2 is 2.39 bits per heavy atom. The minimum atomic E-state index is -1.06. The summed E-state index contributed by atoms with van der Waals surface area (Å²) >= 11 is 1.00. The maximum atomic E-state index is 12.3. The molecule has 1 amide bonds. The van der Waals surface area contributed by atoms with Crippen molar-refractivity contribution in [2.75, 3.05) is 19.8 Å². The van der Waals surface area contributed by atoms with Crippen LogP contribution in [-0.4, -0.2) is 57.3 Å². The second-order valence-corrected chi connectivity index (χ2v) is 4.58. The van der Waals surface area contributed by atoms with Crippen LogP contribution in [0.2, 0.25) is 0 Å². The summed E-state index contributed by atoms with van der Waals surface area (Å²) in [5, 5.41) is 12.9. The highest BCUT2D eigenvalue weighted by Gasteiger charge is 2.34. The number of hydrogen-bond acceptors (Lipinski definition) is 6. The number of rotatable bonds is 3. The van der Waals surface area contributed by atoms with Crippen LogP contribution in [0.4, 0.5) is 0 Å². The molecule has 0 aromatic carbocycles. The SMILES string of the molecule is CCc1nnsc1C(=O)N1CCOC[C@H]1C(=O)O. The molecule has 1 aliphatic rings. The monoisotopic (exact) mass is 271 g/mol. The van der Waals surface area contributed by atoms with Crippen LogP contribution in [0, 0.1) is 0 Å². The number of carbonyl (C=O) groups excluding carboxylic acids is 1. The van der Waals surface area contributed by atoms with Crippen LogP contribution in [0.3, 0.4) is 0 Å². The summed E-state index contributed by atoms with van der Waals surface area (Å²) in [6, 6.07) is -0.932. The number of aliphatic carboxylic acids is 1. The molecule has 0 saturated carbocycles. The third kappa shape index (κ3) is 2.34. The highest BCUT2D eigenvalue weighted by atomic mass is 32.1. The largest absolute Gasteiger partial charge is 0.480 e. The van der Waals surface area contributed by atoms with Crippen molar-refractivity contribution in [1.29, 1.82) is 0 Å². The summed E-state index contributed by atoms with van der Waals surface area (Å²) in [6.45, 7) is 2.52. The number of hydrogen-bond donors (Lipinski definition) is 1. The molecule has 1 fully saturated rings. The molecule has 0 radical (unpaired) electrons. The predicted octanol–water partition coefficient (Wildman–Crippen LogP) is 0.0261. The van der Waals surface area contributed by atoms with Crippen molar-refractivity contribution >= 4 is 23.4 Å². The van der Waals surface area contributed by atoms with E-state index in [0.29, 0.717) is 23.6 Å². The predicted molar refractivity (Wildman–Crippen MR) is 62.6 cm³/mol. The summed E-state index contributed by atoms with van der Waals surface area (Å²) in [6.07, 6.45) is 0.597. The summed E-state index contributed by atoms with van der Waals surface area (Å²) in [5.74, 6) is -1.38. The van der Waals surface area contributed by atoms with Gasteiger partial charge in [0.2, 0.25) is 0 Å². The first-order valence-corrected chi connectivity index (χ1v) is 6.35. The number of amides is 1. The molecular weight excluding hydrogens is 258 g/mol. The average Bonchev–Trinajstić information content (AvgIpc) is 2.86. The first kappa shape index (κ1) is 12.9. The van der Waals surface area contributed by atoms with Crippen molar-refractivity contribution in [2.24, 2.45) is 0 Å². The van der Waals surface area contributed by atoms with Crippen molar-refractivity contribution in [3.05, 3.63) is 10.6 Å². The van der Waals surface area contributed by atoms with Crippen molar-refractivity contribution < 1.29 is 19.4 Å². The zero-order chi connectivity index (χ0) is 13.1. The molecule has 7 nitrogen and oxygen atoms in total. The quantitative estimate of drug-likeness (QED) is 0.833. The van der Waals surface area contributed by atoms with Crippen LogP contribution in [-0.2, 0) is 16.0 Å². The van der Waals surface area contributed by atoms with Crippen molar-refractivity contribution in [2.45, 2.75) is 19.4 Å². The Hall–Kier alpha value is -1.54. The molecule has 2 heterocycles. The molecule has 98 valence electrons. The highest BCUT2D eigenvalue weighted by Crippen LogP contribution is 2.18. The second-order valence-electron chi connectivity index (χ2n) is 3.83. The van der Waals surface area contributed by atoms with Gasteiger partial charge in [-0.2, -0.15) is 0 Å². The van der Waals surface area contributed by atoms with E-state index in [1.54, 1.807) is 0 Å². The summed E-state index contributed by atoms with van der Waals surface area (Å²) < 4.78 is 8.84. The molecule has 1 aromatic rings. The molecule has 2 rings (SSSR count). The fourth-order valence-corrected chi connectivity index (χ4v) is 2.49. The lowest BCUT2D eigenvalue weighted by atomic mass is 10.2. The standard InChI is InChI=1S/C10H13N3O4S/c1-2-6-8(18-12-11-6)9(14)13-3-4-17-5-7(13)10(15)16/h7H,2-5H2,1H3,(H,15,16)/t7-/m0/s1. The number of carbonyl (C=O) groups is 2. The van der Waals surface area contributed by atoms with Crippen molar-refractivity contribution in [3.63, 3.8) is 0 Å². The van der Waals surface area contributed by atoms with Gasteiger partial charge in [0.05, 0.1) is 18.9 Å². The smallest absolute Gasteiger partial charge is 0.328 e. The lowest BCUT2D eigenvalue weighted by Gasteiger charge is -2.32. The maximum absolute atomic E-state index is 12.3. The molecule has 0 aliphatic carbocycles. The van der Waals surface area contributed by atoms with Gasteiger partial charge in [-0.15, -0.1) is 5.10 Å². The molecular formula is C10H13N3O4S. The molecule has 8 heteroatoms. The number of carboxylic acids is 1. The summed E-state index contributed by atoms with van der Waals surface area (Å²) in [5.41, 5.74) is 0.612. The van der Waals surface area contributed by atoms with E-state index in [9.17, 15) is 9.59 Å². The van der Waals surface area contributed by atoms with Gasteiger partial charge < -0.3 is 14.7 Å². The number of aromatic nitrogens is 2. The van der Waals surface area contributed by atoms with Gasteiger partial charge in [-0.1, -0.05) is 11.4 Å². The van der Waals surface area contributed by atoms with Crippen LogP contribution >= 0.6 is 11.5 Å². The van der Waals surface area contributed by atoms with Gasteiger partial charge in [0.25, 0.3) is 5.91 Å². The fraction of sp³-hybridized carbons (Fsp3) is 0.600.